The standard InChI is InChI=1S/C11H13NO/c1-7(2)8-6-12-9-4-3-5-10(13)11(8)9/h6,12H,1,3-5H2,2H3. The van der Waals surface area contributed by atoms with Gasteiger partial charge >= 0.3 is 0 Å². The maximum Gasteiger partial charge on any atom is 0.165 e. The smallest absolute Gasteiger partial charge is 0.165 e. The molecule has 0 amide bonds. The molecule has 1 N–H and O–H groups in total. The van der Waals surface area contributed by atoms with Crippen LogP contribution >= 0.6 is 0 Å². The molecular weight excluding hydrogens is 162 g/mol. The van der Waals surface area contributed by atoms with Crippen LogP contribution in [-0.4, -0.2) is 10.8 Å². The van der Waals surface area contributed by atoms with Gasteiger partial charge in [0.1, 0.15) is 0 Å². The van der Waals surface area contributed by atoms with Gasteiger partial charge in [0.15, 0.2) is 5.78 Å². The molecule has 0 unspecified atom stereocenters. The number of nitrogens with one attached hydrogen (secondary N) is 1. The number of aromatic amines is 1. The molecular formula is C11H13NO. The van der Waals surface area contributed by atoms with Crippen LogP contribution in [0.4, 0.5) is 0 Å². The zero-order chi connectivity index (χ0) is 9.42. The second-order valence-electron chi connectivity index (χ2n) is 3.61. The number of allylic oxidation sites excluding steroid dienone is 1. The number of carbonyl (C=O) groups excluding carboxylic acids is 1. The third-order valence-electron chi connectivity index (χ3n) is 2.53. The van der Waals surface area contributed by atoms with E-state index in [-0.39, 0.29) is 5.78 Å². The van der Waals surface area contributed by atoms with Gasteiger partial charge in [-0.25, -0.2) is 0 Å². The molecule has 0 radical (unpaired) electrons. The minimum absolute atomic E-state index is 0.264. The SMILES string of the molecule is C=C(C)c1c[nH]c2c1C(=O)CCC2. The van der Waals surface area contributed by atoms with Gasteiger partial charge in [0.25, 0.3) is 0 Å². The fraction of sp³-hybridized carbons (Fsp3) is 0.364. The molecule has 1 aromatic heterocycles. The predicted octanol–water partition coefficient (Wildman–Crippen LogP) is 2.57. The fourth-order valence-electron chi connectivity index (χ4n) is 1.87. The maximum absolute atomic E-state index is 11.6. The molecule has 0 saturated heterocycles. The topological polar surface area (TPSA) is 32.9 Å². The molecule has 0 saturated carbocycles. The summed E-state index contributed by atoms with van der Waals surface area (Å²) >= 11 is 0. The van der Waals surface area contributed by atoms with Crippen LogP contribution in [0.15, 0.2) is 12.8 Å². The molecule has 0 bridgehead atoms. The second-order valence-corrected chi connectivity index (χ2v) is 3.61. The Hall–Kier alpha value is -1.31. The van der Waals surface area contributed by atoms with Crippen LogP contribution in [0.1, 0.15) is 41.4 Å². The Morgan fingerprint density at radius 1 is 1.54 bits per heavy atom. The number of fused-ring (bicyclic) bond motifs is 1. The van der Waals surface area contributed by atoms with Crippen LogP contribution in [0.5, 0.6) is 0 Å². The van der Waals surface area contributed by atoms with Gasteiger partial charge in [0, 0.05) is 29.4 Å². The van der Waals surface area contributed by atoms with Crippen molar-refractivity contribution in [2.75, 3.05) is 0 Å². The number of ketones is 1. The first-order chi connectivity index (χ1) is 6.20. The molecule has 68 valence electrons. The first-order valence-corrected chi connectivity index (χ1v) is 4.59. The predicted molar refractivity (Wildman–Crippen MR) is 52.8 cm³/mol. The quantitative estimate of drug-likeness (QED) is 0.699. The van der Waals surface area contributed by atoms with E-state index in [1.807, 2.05) is 13.1 Å². The lowest BCUT2D eigenvalue weighted by molar-refractivity contribution is 0.0972. The fourth-order valence-corrected chi connectivity index (χ4v) is 1.87. The Morgan fingerprint density at radius 2 is 2.31 bits per heavy atom. The van der Waals surface area contributed by atoms with E-state index in [2.05, 4.69) is 11.6 Å². The van der Waals surface area contributed by atoms with E-state index in [4.69, 9.17) is 0 Å². The molecule has 2 rings (SSSR count). The minimum atomic E-state index is 0.264. The van der Waals surface area contributed by atoms with Crippen LogP contribution in [0, 0.1) is 0 Å². The zero-order valence-electron chi connectivity index (χ0n) is 7.81. The molecule has 1 heterocycles. The molecule has 1 aliphatic carbocycles. The molecule has 0 spiro atoms. The van der Waals surface area contributed by atoms with Crippen molar-refractivity contribution in [3.05, 3.63) is 29.6 Å². The molecule has 0 fully saturated rings. The normalized spacial score (nSPS) is 15.6. The summed E-state index contributed by atoms with van der Waals surface area (Å²) < 4.78 is 0. The molecule has 13 heavy (non-hydrogen) atoms. The molecule has 2 heteroatoms. The van der Waals surface area contributed by atoms with Crippen molar-refractivity contribution in [2.24, 2.45) is 0 Å². The van der Waals surface area contributed by atoms with E-state index in [1.165, 1.54) is 0 Å². The van der Waals surface area contributed by atoms with E-state index in [1.54, 1.807) is 0 Å². The van der Waals surface area contributed by atoms with Crippen LogP contribution in [0.3, 0.4) is 0 Å². The van der Waals surface area contributed by atoms with Gasteiger partial charge in [-0.3, -0.25) is 4.79 Å². The third-order valence-corrected chi connectivity index (χ3v) is 2.53. The van der Waals surface area contributed by atoms with Gasteiger partial charge in [0.05, 0.1) is 0 Å². The largest absolute Gasteiger partial charge is 0.364 e. The second kappa shape index (κ2) is 2.87. The van der Waals surface area contributed by atoms with E-state index in [0.29, 0.717) is 6.42 Å². The first kappa shape index (κ1) is 8.30. The maximum atomic E-state index is 11.6. The van der Waals surface area contributed by atoms with Crippen molar-refractivity contribution in [3.8, 4) is 0 Å². The average Bonchev–Trinajstić information content (AvgIpc) is 2.49. The van der Waals surface area contributed by atoms with Gasteiger partial charge in [0.2, 0.25) is 0 Å². The Kier molecular flexibility index (Phi) is 1.83. The summed E-state index contributed by atoms with van der Waals surface area (Å²) in [6.07, 6.45) is 4.55. The lowest BCUT2D eigenvalue weighted by atomic mass is 9.92. The third kappa shape index (κ3) is 1.22. The van der Waals surface area contributed by atoms with E-state index in [9.17, 15) is 4.79 Å². The van der Waals surface area contributed by atoms with Crippen molar-refractivity contribution in [3.63, 3.8) is 0 Å². The van der Waals surface area contributed by atoms with Gasteiger partial charge in [-0.1, -0.05) is 6.58 Å². The van der Waals surface area contributed by atoms with Crippen LogP contribution in [0.25, 0.3) is 5.57 Å². The van der Waals surface area contributed by atoms with Gasteiger partial charge in [-0.15, -0.1) is 0 Å². The van der Waals surface area contributed by atoms with Gasteiger partial charge in [-0.05, 0) is 25.3 Å². The van der Waals surface area contributed by atoms with Crippen molar-refractivity contribution in [2.45, 2.75) is 26.2 Å². The molecule has 0 aliphatic heterocycles. The lowest BCUT2D eigenvalue weighted by Crippen LogP contribution is -2.10. The number of aryl methyl sites for hydroxylation is 1. The summed E-state index contributed by atoms with van der Waals surface area (Å²) in [5, 5.41) is 0. The molecule has 0 atom stereocenters. The highest BCUT2D eigenvalue weighted by molar-refractivity contribution is 6.02. The summed E-state index contributed by atoms with van der Waals surface area (Å²) in [4.78, 5) is 14.8. The Bertz CT molecular complexity index is 373. The number of hydrogen-bond donors (Lipinski definition) is 1. The number of H-pyrrole nitrogens is 1. The van der Waals surface area contributed by atoms with Crippen molar-refractivity contribution >= 4 is 11.4 Å². The van der Waals surface area contributed by atoms with Crippen LogP contribution in [-0.2, 0) is 6.42 Å². The Balaban J connectivity index is 2.56. The summed E-state index contributed by atoms with van der Waals surface area (Å²) in [5.41, 5.74) is 3.94. The zero-order valence-corrected chi connectivity index (χ0v) is 7.81. The number of aromatic nitrogens is 1. The number of hydrogen-bond acceptors (Lipinski definition) is 1. The van der Waals surface area contributed by atoms with E-state index in [0.717, 1.165) is 35.2 Å². The number of rotatable bonds is 1. The monoisotopic (exact) mass is 175 g/mol. The minimum Gasteiger partial charge on any atom is -0.364 e. The van der Waals surface area contributed by atoms with E-state index < -0.39 is 0 Å². The average molecular weight is 175 g/mol. The molecule has 1 aromatic rings. The first-order valence-electron chi connectivity index (χ1n) is 4.59. The van der Waals surface area contributed by atoms with Crippen LogP contribution < -0.4 is 0 Å². The summed E-state index contributed by atoms with van der Waals surface area (Å²) in [5.74, 6) is 0.264. The van der Waals surface area contributed by atoms with Gasteiger partial charge < -0.3 is 4.98 Å². The van der Waals surface area contributed by atoms with Crippen molar-refractivity contribution in [1.29, 1.82) is 0 Å². The molecule has 1 aliphatic rings. The summed E-state index contributed by atoms with van der Waals surface area (Å²) in [6, 6.07) is 0. The van der Waals surface area contributed by atoms with Gasteiger partial charge in [-0.2, -0.15) is 0 Å². The highest BCUT2D eigenvalue weighted by Crippen LogP contribution is 2.27. The lowest BCUT2D eigenvalue weighted by Gasteiger charge is -2.11. The summed E-state index contributed by atoms with van der Waals surface area (Å²) in [7, 11) is 0. The Labute approximate surface area is 77.7 Å². The van der Waals surface area contributed by atoms with Crippen molar-refractivity contribution < 1.29 is 4.79 Å². The highest BCUT2D eigenvalue weighted by Gasteiger charge is 2.22. The van der Waals surface area contributed by atoms with Crippen molar-refractivity contribution in [1.82, 2.24) is 4.98 Å². The molecule has 2 nitrogen and oxygen atoms in total. The van der Waals surface area contributed by atoms with Crippen LogP contribution in [0.2, 0.25) is 0 Å². The van der Waals surface area contributed by atoms with E-state index >= 15 is 0 Å². The highest BCUT2D eigenvalue weighted by atomic mass is 16.1. The number of carbonyl (C=O) groups is 1. The number of Topliss-reactive ketones (excluding diaryl/α,β-unsaturated/α-hetero) is 1. The molecule has 0 aromatic carbocycles. The summed E-state index contributed by atoms with van der Waals surface area (Å²) in [6.45, 7) is 5.80. The Morgan fingerprint density at radius 3 is 3.00 bits per heavy atom.